The van der Waals surface area contributed by atoms with E-state index in [1.54, 1.807) is 0 Å². The Balaban J connectivity index is 1.87. The number of aryl methyl sites for hydroxylation is 1. The average molecular weight is 351 g/mol. The summed E-state index contributed by atoms with van der Waals surface area (Å²) in [5.74, 6) is -0.0301. The smallest absolute Gasteiger partial charge is 0.237 e. The summed E-state index contributed by atoms with van der Waals surface area (Å²) in [5.41, 5.74) is 2.08. The van der Waals surface area contributed by atoms with Crippen molar-refractivity contribution in [1.29, 1.82) is 0 Å². The first-order chi connectivity index (χ1) is 11.1. The lowest BCUT2D eigenvalue weighted by Gasteiger charge is -2.10. The van der Waals surface area contributed by atoms with Crippen molar-refractivity contribution in [3.05, 3.63) is 29.8 Å². The largest absolute Gasteiger partial charge is 0.360 e. The Morgan fingerprint density at radius 1 is 1.26 bits per heavy atom. The summed E-state index contributed by atoms with van der Waals surface area (Å²) in [6.45, 7) is 6.96. The standard InChI is InChI=1S/C16H22N4OS2/c1-4-10-17-15-19-20-16(23-15)22-11(3)14(21)18-13-8-6-12(5-2)7-9-13/h6-9,11H,4-5,10H2,1-3H3,(H,17,19)(H,18,21). The topological polar surface area (TPSA) is 66.9 Å². The number of thioether (sulfide) groups is 1. The molecule has 1 atom stereocenters. The molecular weight excluding hydrogens is 328 g/mol. The molecule has 0 radical (unpaired) electrons. The zero-order valence-corrected chi connectivity index (χ0v) is 15.3. The van der Waals surface area contributed by atoms with Crippen LogP contribution < -0.4 is 10.6 Å². The van der Waals surface area contributed by atoms with Crippen molar-refractivity contribution in [3.63, 3.8) is 0 Å². The summed E-state index contributed by atoms with van der Waals surface area (Å²) in [7, 11) is 0. The van der Waals surface area contributed by atoms with E-state index in [0.29, 0.717) is 0 Å². The van der Waals surface area contributed by atoms with Gasteiger partial charge in [-0.1, -0.05) is 49.1 Å². The van der Waals surface area contributed by atoms with Crippen LogP contribution in [-0.2, 0) is 11.2 Å². The molecule has 2 N–H and O–H groups in total. The zero-order valence-electron chi connectivity index (χ0n) is 13.6. The molecule has 0 fully saturated rings. The van der Waals surface area contributed by atoms with Gasteiger partial charge in [-0.2, -0.15) is 0 Å². The normalized spacial score (nSPS) is 12.0. The van der Waals surface area contributed by atoms with Crippen LogP contribution in [0.1, 0.15) is 32.8 Å². The van der Waals surface area contributed by atoms with Crippen LogP contribution in [0, 0.1) is 0 Å². The highest BCUT2D eigenvalue weighted by Gasteiger charge is 2.17. The van der Waals surface area contributed by atoms with E-state index in [1.807, 2.05) is 31.2 Å². The van der Waals surface area contributed by atoms with Gasteiger partial charge in [-0.25, -0.2) is 0 Å². The fraction of sp³-hybridized carbons (Fsp3) is 0.438. The fourth-order valence-electron chi connectivity index (χ4n) is 1.83. The van der Waals surface area contributed by atoms with Crippen LogP contribution in [0.25, 0.3) is 0 Å². The van der Waals surface area contributed by atoms with Gasteiger partial charge in [0.05, 0.1) is 5.25 Å². The van der Waals surface area contributed by atoms with Crippen LogP contribution in [-0.4, -0.2) is 27.9 Å². The van der Waals surface area contributed by atoms with E-state index in [9.17, 15) is 4.79 Å². The summed E-state index contributed by atoms with van der Waals surface area (Å²) < 4.78 is 0.799. The van der Waals surface area contributed by atoms with Gasteiger partial charge in [0.15, 0.2) is 4.34 Å². The van der Waals surface area contributed by atoms with Gasteiger partial charge in [0.2, 0.25) is 11.0 Å². The number of hydrogen-bond donors (Lipinski definition) is 2. The van der Waals surface area contributed by atoms with Crippen LogP contribution in [0.5, 0.6) is 0 Å². The highest BCUT2D eigenvalue weighted by molar-refractivity contribution is 8.02. The second-order valence-electron chi connectivity index (χ2n) is 5.10. The maximum Gasteiger partial charge on any atom is 0.237 e. The molecule has 1 amide bonds. The summed E-state index contributed by atoms with van der Waals surface area (Å²) in [6.07, 6.45) is 2.03. The maximum absolute atomic E-state index is 12.3. The van der Waals surface area contributed by atoms with Crippen molar-refractivity contribution in [3.8, 4) is 0 Å². The molecule has 0 bridgehead atoms. The minimum Gasteiger partial charge on any atom is -0.360 e. The number of nitrogens with one attached hydrogen (secondary N) is 2. The van der Waals surface area contributed by atoms with Crippen molar-refractivity contribution < 1.29 is 4.79 Å². The van der Waals surface area contributed by atoms with E-state index in [2.05, 4.69) is 34.7 Å². The number of rotatable bonds is 8. The molecule has 5 nitrogen and oxygen atoms in total. The predicted octanol–water partition coefficient (Wildman–Crippen LogP) is 4.04. The Hall–Kier alpha value is -1.60. The SMILES string of the molecule is CCCNc1nnc(SC(C)C(=O)Nc2ccc(CC)cc2)s1. The summed E-state index contributed by atoms with van der Waals surface area (Å²) in [4.78, 5) is 12.3. The Labute approximate surface area is 145 Å². The summed E-state index contributed by atoms with van der Waals surface area (Å²) >= 11 is 2.91. The van der Waals surface area contributed by atoms with Crippen molar-refractivity contribution in [2.24, 2.45) is 0 Å². The van der Waals surface area contributed by atoms with Gasteiger partial charge in [-0.3, -0.25) is 4.79 Å². The van der Waals surface area contributed by atoms with Crippen LogP contribution in [0.2, 0.25) is 0 Å². The molecular formula is C16H22N4OS2. The highest BCUT2D eigenvalue weighted by atomic mass is 32.2. The molecule has 1 heterocycles. The van der Waals surface area contributed by atoms with E-state index in [4.69, 9.17) is 0 Å². The molecule has 0 aliphatic rings. The number of carbonyl (C=O) groups excluding carboxylic acids is 1. The summed E-state index contributed by atoms with van der Waals surface area (Å²) in [6, 6.07) is 7.94. The molecule has 0 saturated carbocycles. The van der Waals surface area contributed by atoms with Gasteiger partial charge in [0.25, 0.3) is 0 Å². The third-order valence-corrected chi connectivity index (χ3v) is 5.27. The molecule has 1 aromatic heterocycles. The molecule has 23 heavy (non-hydrogen) atoms. The van der Waals surface area contributed by atoms with E-state index in [0.717, 1.165) is 34.5 Å². The second-order valence-corrected chi connectivity index (χ2v) is 7.67. The first kappa shape index (κ1) is 17.7. The molecule has 2 aromatic rings. The van der Waals surface area contributed by atoms with Crippen LogP contribution in [0.15, 0.2) is 28.6 Å². The van der Waals surface area contributed by atoms with Gasteiger partial charge in [-0.15, -0.1) is 10.2 Å². The van der Waals surface area contributed by atoms with Gasteiger partial charge < -0.3 is 10.6 Å². The molecule has 0 aliphatic carbocycles. The zero-order chi connectivity index (χ0) is 16.7. The predicted molar refractivity (Wildman–Crippen MR) is 98.5 cm³/mol. The lowest BCUT2D eigenvalue weighted by Crippen LogP contribution is -2.22. The van der Waals surface area contributed by atoms with Crippen molar-refractivity contribution >= 4 is 39.8 Å². The van der Waals surface area contributed by atoms with Crippen LogP contribution in [0.3, 0.4) is 0 Å². The van der Waals surface area contributed by atoms with E-state index < -0.39 is 0 Å². The van der Waals surface area contributed by atoms with Crippen molar-refractivity contribution in [2.45, 2.75) is 43.2 Å². The Morgan fingerprint density at radius 2 is 2.00 bits per heavy atom. The number of carbonyl (C=O) groups is 1. The lowest BCUT2D eigenvalue weighted by atomic mass is 10.1. The third kappa shape index (κ3) is 5.51. The minimum atomic E-state index is -0.229. The monoisotopic (exact) mass is 350 g/mol. The Morgan fingerprint density at radius 3 is 2.65 bits per heavy atom. The minimum absolute atomic E-state index is 0.0301. The van der Waals surface area contributed by atoms with Crippen molar-refractivity contribution in [2.75, 3.05) is 17.2 Å². The van der Waals surface area contributed by atoms with Crippen LogP contribution in [0.4, 0.5) is 10.8 Å². The van der Waals surface area contributed by atoms with Gasteiger partial charge in [0.1, 0.15) is 0 Å². The summed E-state index contributed by atoms with van der Waals surface area (Å²) in [5, 5.41) is 14.9. The molecule has 1 unspecified atom stereocenters. The lowest BCUT2D eigenvalue weighted by molar-refractivity contribution is -0.115. The second kappa shape index (κ2) is 8.88. The molecule has 2 rings (SSSR count). The number of amides is 1. The van der Waals surface area contributed by atoms with E-state index in [1.165, 1.54) is 28.7 Å². The Bertz CT molecular complexity index is 627. The maximum atomic E-state index is 12.3. The van der Waals surface area contributed by atoms with Gasteiger partial charge >= 0.3 is 0 Å². The number of nitrogens with zero attached hydrogens (tertiary/aromatic N) is 2. The third-order valence-electron chi connectivity index (χ3n) is 3.21. The van der Waals surface area contributed by atoms with E-state index in [-0.39, 0.29) is 11.2 Å². The van der Waals surface area contributed by atoms with Crippen molar-refractivity contribution in [1.82, 2.24) is 10.2 Å². The first-order valence-corrected chi connectivity index (χ1v) is 9.45. The average Bonchev–Trinajstić information content (AvgIpc) is 3.01. The number of anilines is 2. The highest BCUT2D eigenvalue weighted by Crippen LogP contribution is 2.29. The van der Waals surface area contributed by atoms with Gasteiger partial charge in [0, 0.05) is 12.2 Å². The molecule has 0 spiro atoms. The first-order valence-electron chi connectivity index (χ1n) is 7.76. The molecule has 7 heteroatoms. The molecule has 1 aromatic carbocycles. The number of hydrogen-bond acceptors (Lipinski definition) is 6. The number of benzene rings is 1. The van der Waals surface area contributed by atoms with Crippen LogP contribution >= 0.6 is 23.1 Å². The molecule has 0 aliphatic heterocycles. The quantitative estimate of drug-likeness (QED) is 0.703. The van der Waals surface area contributed by atoms with Gasteiger partial charge in [-0.05, 0) is 37.5 Å². The molecule has 0 saturated heterocycles. The Kier molecular flexibility index (Phi) is 6.85. The van der Waals surface area contributed by atoms with E-state index >= 15 is 0 Å². The fourth-order valence-corrected chi connectivity index (χ4v) is 3.75. The molecule has 124 valence electrons. The number of aromatic nitrogens is 2.